The first-order chi connectivity index (χ1) is 11.8. The highest BCUT2D eigenvalue weighted by Gasteiger charge is 2.25. The molecule has 4 nitrogen and oxygen atoms in total. The van der Waals surface area contributed by atoms with Crippen molar-refractivity contribution in [3.63, 3.8) is 0 Å². The van der Waals surface area contributed by atoms with Gasteiger partial charge in [0.1, 0.15) is 5.60 Å². The number of anilines is 1. The summed E-state index contributed by atoms with van der Waals surface area (Å²) in [5.74, 6) is 0. The van der Waals surface area contributed by atoms with Crippen LogP contribution in [0.15, 0.2) is 29.6 Å². The molecule has 1 amide bonds. The summed E-state index contributed by atoms with van der Waals surface area (Å²) in [4.78, 5) is 15.5. The van der Waals surface area contributed by atoms with Crippen molar-refractivity contribution < 1.29 is 9.53 Å². The van der Waals surface area contributed by atoms with E-state index < -0.39 is 5.60 Å². The van der Waals surface area contributed by atoms with Gasteiger partial charge in [0.05, 0.1) is 0 Å². The maximum atomic E-state index is 12.3. The molecule has 0 unspecified atom stereocenters. The Morgan fingerprint density at radius 3 is 2.76 bits per heavy atom. The number of carbonyl (C=O) groups is 1. The van der Waals surface area contributed by atoms with E-state index >= 15 is 0 Å². The van der Waals surface area contributed by atoms with Crippen molar-refractivity contribution in [2.24, 2.45) is 0 Å². The molecule has 0 fully saturated rings. The van der Waals surface area contributed by atoms with E-state index in [0.717, 1.165) is 18.7 Å². The zero-order valence-electron chi connectivity index (χ0n) is 15.4. The van der Waals surface area contributed by atoms with Gasteiger partial charge in [-0.3, -0.25) is 0 Å². The van der Waals surface area contributed by atoms with Gasteiger partial charge in [-0.05, 0) is 74.4 Å². The van der Waals surface area contributed by atoms with Gasteiger partial charge < -0.3 is 15.0 Å². The molecule has 0 saturated heterocycles. The van der Waals surface area contributed by atoms with Crippen LogP contribution in [0.4, 0.5) is 10.5 Å². The van der Waals surface area contributed by atoms with Crippen molar-refractivity contribution in [1.29, 1.82) is 0 Å². The lowest BCUT2D eigenvalue weighted by Crippen LogP contribution is -2.39. The van der Waals surface area contributed by atoms with Crippen LogP contribution in [0.25, 0.3) is 0 Å². The average Bonchev–Trinajstić information content (AvgIpc) is 2.95. The molecule has 0 aliphatic carbocycles. The first kappa shape index (κ1) is 17.8. The summed E-state index contributed by atoms with van der Waals surface area (Å²) in [7, 11) is 0. The second-order valence-corrected chi connectivity index (χ2v) is 8.52. The minimum atomic E-state index is -0.459. The maximum Gasteiger partial charge on any atom is 0.410 e. The van der Waals surface area contributed by atoms with Crippen LogP contribution < -0.4 is 5.32 Å². The van der Waals surface area contributed by atoms with Crippen molar-refractivity contribution in [1.82, 2.24) is 4.90 Å². The van der Waals surface area contributed by atoms with Crippen molar-refractivity contribution >= 4 is 23.1 Å². The fourth-order valence-corrected chi connectivity index (χ4v) is 3.76. The molecular formula is C20H26N2O2S. The van der Waals surface area contributed by atoms with Gasteiger partial charge in [-0.15, -0.1) is 11.3 Å². The van der Waals surface area contributed by atoms with E-state index in [2.05, 4.69) is 41.9 Å². The number of nitrogens with one attached hydrogen (secondary N) is 1. The van der Waals surface area contributed by atoms with Gasteiger partial charge in [-0.25, -0.2) is 4.79 Å². The predicted octanol–water partition coefficient (Wildman–Crippen LogP) is 4.96. The Hall–Kier alpha value is -2.01. The van der Waals surface area contributed by atoms with Crippen molar-refractivity contribution in [3.8, 4) is 0 Å². The summed E-state index contributed by atoms with van der Waals surface area (Å²) in [5.41, 5.74) is 4.48. The van der Waals surface area contributed by atoms with Crippen molar-refractivity contribution in [2.45, 2.75) is 52.8 Å². The number of rotatable bonds is 3. The summed E-state index contributed by atoms with van der Waals surface area (Å²) in [6.45, 7) is 9.99. The van der Waals surface area contributed by atoms with Crippen LogP contribution in [0, 0.1) is 6.92 Å². The SMILES string of the molecule is Cc1ccsc1CNc1ccc2c(c1)CN(C(=O)OC(C)(C)C)CC2. The number of thiophene rings is 1. The van der Waals surface area contributed by atoms with Gasteiger partial charge in [-0.1, -0.05) is 6.07 Å². The van der Waals surface area contributed by atoms with Gasteiger partial charge in [0.25, 0.3) is 0 Å². The third-order valence-electron chi connectivity index (χ3n) is 4.29. The Kier molecular flexibility index (Phi) is 5.04. The van der Waals surface area contributed by atoms with E-state index in [4.69, 9.17) is 4.74 Å². The van der Waals surface area contributed by atoms with Crippen LogP contribution >= 0.6 is 11.3 Å². The van der Waals surface area contributed by atoms with Crippen LogP contribution in [0.1, 0.15) is 42.3 Å². The van der Waals surface area contributed by atoms with E-state index in [1.807, 2.05) is 20.8 Å². The lowest BCUT2D eigenvalue weighted by molar-refractivity contribution is 0.0224. The molecule has 0 bridgehead atoms. The molecule has 134 valence electrons. The fourth-order valence-electron chi connectivity index (χ4n) is 2.92. The van der Waals surface area contributed by atoms with E-state index in [-0.39, 0.29) is 6.09 Å². The molecule has 1 aromatic heterocycles. The second kappa shape index (κ2) is 7.08. The summed E-state index contributed by atoms with van der Waals surface area (Å²) >= 11 is 1.78. The number of fused-ring (bicyclic) bond motifs is 1. The molecule has 2 heterocycles. The second-order valence-electron chi connectivity index (χ2n) is 7.52. The van der Waals surface area contributed by atoms with Crippen LogP contribution in [-0.4, -0.2) is 23.1 Å². The summed E-state index contributed by atoms with van der Waals surface area (Å²) in [5, 5.41) is 5.62. The van der Waals surface area contributed by atoms with Crippen LogP contribution in [0.5, 0.6) is 0 Å². The Labute approximate surface area is 153 Å². The Balaban J connectivity index is 1.67. The first-order valence-electron chi connectivity index (χ1n) is 8.68. The topological polar surface area (TPSA) is 41.6 Å². The Bertz CT molecular complexity index is 761. The molecule has 3 rings (SSSR count). The summed E-state index contributed by atoms with van der Waals surface area (Å²) < 4.78 is 5.50. The minimum absolute atomic E-state index is 0.231. The first-order valence-corrected chi connectivity index (χ1v) is 9.56. The molecular weight excluding hydrogens is 332 g/mol. The quantitative estimate of drug-likeness (QED) is 0.843. The third-order valence-corrected chi connectivity index (χ3v) is 5.31. The highest BCUT2D eigenvalue weighted by molar-refractivity contribution is 7.10. The number of benzene rings is 1. The number of hydrogen-bond acceptors (Lipinski definition) is 4. The number of ether oxygens (including phenoxy) is 1. The molecule has 1 aromatic carbocycles. The lowest BCUT2D eigenvalue weighted by Gasteiger charge is -2.31. The predicted molar refractivity (Wildman–Crippen MR) is 103 cm³/mol. The monoisotopic (exact) mass is 358 g/mol. The highest BCUT2D eigenvalue weighted by atomic mass is 32.1. The molecule has 2 aromatic rings. The molecule has 0 atom stereocenters. The smallest absolute Gasteiger partial charge is 0.410 e. The fraction of sp³-hybridized carbons (Fsp3) is 0.450. The molecule has 1 aliphatic rings. The Morgan fingerprint density at radius 1 is 1.28 bits per heavy atom. The molecule has 0 radical (unpaired) electrons. The number of nitrogens with zero attached hydrogens (tertiary/aromatic N) is 1. The summed E-state index contributed by atoms with van der Waals surface area (Å²) in [6.07, 6.45) is 0.643. The van der Waals surface area contributed by atoms with Crippen LogP contribution in [0.3, 0.4) is 0 Å². The van der Waals surface area contributed by atoms with E-state index in [9.17, 15) is 4.79 Å². The van der Waals surface area contributed by atoms with Gasteiger partial charge in [-0.2, -0.15) is 0 Å². The van der Waals surface area contributed by atoms with Crippen molar-refractivity contribution in [2.75, 3.05) is 11.9 Å². The molecule has 0 saturated carbocycles. The largest absolute Gasteiger partial charge is 0.444 e. The van der Waals surface area contributed by atoms with Crippen LogP contribution in [0.2, 0.25) is 0 Å². The Morgan fingerprint density at radius 2 is 2.08 bits per heavy atom. The lowest BCUT2D eigenvalue weighted by atomic mass is 9.99. The molecule has 5 heteroatoms. The molecule has 1 aliphatic heterocycles. The van der Waals surface area contributed by atoms with Gasteiger partial charge in [0, 0.05) is 30.2 Å². The summed E-state index contributed by atoms with van der Waals surface area (Å²) in [6, 6.07) is 8.61. The highest BCUT2D eigenvalue weighted by Crippen LogP contribution is 2.25. The van der Waals surface area contributed by atoms with Gasteiger partial charge in [0.2, 0.25) is 0 Å². The van der Waals surface area contributed by atoms with Gasteiger partial charge in [0.15, 0.2) is 0 Å². The average molecular weight is 359 g/mol. The van der Waals surface area contributed by atoms with E-state index in [1.165, 1.54) is 21.6 Å². The van der Waals surface area contributed by atoms with E-state index in [1.54, 1.807) is 16.2 Å². The molecule has 1 N–H and O–H groups in total. The zero-order valence-corrected chi connectivity index (χ0v) is 16.2. The number of hydrogen-bond donors (Lipinski definition) is 1. The number of aryl methyl sites for hydroxylation is 1. The van der Waals surface area contributed by atoms with Crippen LogP contribution in [-0.2, 0) is 24.2 Å². The van der Waals surface area contributed by atoms with E-state index in [0.29, 0.717) is 13.1 Å². The zero-order chi connectivity index (χ0) is 18.0. The van der Waals surface area contributed by atoms with Crippen molar-refractivity contribution in [3.05, 3.63) is 51.2 Å². The maximum absolute atomic E-state index is 12.3. The van der Waals surface area contributed by atoms with Gasteiger partial charge >= 0.3 is 6.09 Å². The normalized spacial score (nSPS) is 14.2. The third kappa shape index (κ3) is 4.54. The number of carbonyl (C=O) groups excluding carboxylic acids is 1. The molecule has 0 spiro atoms. The number of amides is 1. The minimum Gasteiger partial charge on any atom is -0.444 e. The molecule has 25 heavy (non-hydrogen) atoms. The standard InChI is InChI=1S/C20H26N2O2S/c1-14-8-10-25-18(14)12-21-17-6-5-15-7-9-22(13-16(15)11-17)19(23)24-20(2,3)4/h5-6,8,10-11,21H,7,9,12-13H2,1-4H3.